The summed E-state index contributed by atoms with van der Waals surface area (Å²) in [7, 11) is 0. The number of nitrogens with zero attached hydrogens (tertiary/aromatic N) is 2. The molecule has 1 aliphatic carbocycles. The SMILES string of the molecule is C=CCCCCCC(NC(=O)OC(C)(C)C)C(=O)N1CC(OC(=O)N2Cc3ccc4c(c3C2)OCO4)CC1C(=O)NC1(C(=O)OCC)CC1C(C)C. The van der Waals surface area contributed by atoms with Crippen molar-refractivity contribution in [3.8, 4) is 11.5 Å². The van der Waals surface area contributed by atoms with Gasteiger partial charge < -0.3 is 39.2 Å². The highest BCUT2D eigenvalue weighted by Crippen LogP contribution is 2.49. The Morgan fingerprint density at radius 3 is 2.54 bits per heavy atom. The van der Waals surface area contributed by atoms with Crippen molar-refractivity contribution in [1.82, 2.24) is 20.4 Å². The Balaban J connectivity index is 1.35. The zero-order chi connectivity index (χ0) is 37.8. The summed E-state index contributed by atoms with van der Waals surface area (Å²) in [6.07, 6.45) is 3.47. The molecule has 52 heavy (non-hydrogen) atoms. The van der Waals surface area contributed by atoms with Crippen molar-refractivity contribution in [2.75, 3.05) is 19.9 Å². The summed E-state index contributed by atoms with van der Waals surface area (Å²) >= 11 is 0. The molecule has 5 unspecified atom stereocenters. The van der Waals surface area contributed by atoms with Crippen LogP contribution in [-0.4, -0.2) is 89.0 Å². The zero-order valence-corrected chi connectivity index (χ0v) is 31.3. The molecule has 0 aromatic heterocycles. The van der Waals surface area contributed by atoms with Gasteiger partial charge in [0.2, 0.25) is 18.6 Å². The fourth-order valence-electron chi connectivity index (χ4n) is 7.37. The predicted octanol–water partition coefficient (Wildman–Crippen LogP) is 4.96. The molecule has 4 amide bonds. The molecule has 1 saturated carbocycles. The number of amides is 4. The van der Waals surface area contributed by atoms with E-state index in [0.29, 0.717) is 37.3 Å². The summed E-state index contributed by atoms with van der Waals surface area (Å²) in [6.45, 7) is 15.4. The van der Waals surface area contributed by atoms with Crippen LogP contribution in [0.2, 0.25) is 0 Å². The van der Waals surface area contributed by atoms with E-state index in [1.165, 1.54) is 9.80 Å². The number of unbranched alkanes of at least 4 members (excludes halogenated alkanes) is 3. The Morgan fingerprint density at radius 1 is 1.10 bits per heavy atom. The maximum atomic E-state index is 14.4. The summed E-state index contributed by atoms with van der Waals surface area (Å²) in [5, 5.41) is 5.68. The Morgan fingerprint density at radius 2 is 1.87 bits per heavy atom. The monoisotopic (exact) mass is 726 g/mol. The van der Waals surface area contributed by atoms with Gasteiger partial charge in [0.25, 0.3) is 0 Å². The Hall–Kier alpha value is -4.49. The zero-order valence-electron chi connectivity index (χ0n) is 31.3. The van der Waals surface area contributed by atoms with Crippen molar-refractivity contribution in [2.24, 2.45) is 11.8 Å². The number of benzene rings is 1. The summed E-state index contributed by atoms with van der Waals surface area (Å²) < 4.78 is 28.0. The van der Waals surface area contributed by atoms with Crippen LogP contribution < -0.4 is 20.1 Å². The van der Waals surface area contributed by atoms with Crippen molar-refractivity contribution in [2.45, 2.75) is 129 Å². The predicted molar refractivity (Wildman–Crippen MR) is 189 cm³/mol. The van der Waals surface area contributed by atoms with Crippen LogP contribution in [0.5, 0.6) is 11.5 Å². The lowest BCUT2D eigenvalue weighted by atomic mass is 10.0. The summed E-state index contributed by atoms with van der Waals surface area (Å²) in [4.78, 5) is 71.2. The van der Waals surface area contributed by atoms with Crippen molar-refractivity contribution in [3.63, 3.8) is 0 Å². The van der Waals surface area contributed by atoms with E-state index < -0.39 is 59.3 Å². The van der Waals surface area contributed by atoms with Gasteiger partial charge in [-0.15, -0.1) is 6.58 Å². The average Bonchev–Trinajstić information content (AvgIpc) is 3.42. The molecule has 0 bridgehead atoms. The van der Waals surface area contributed by atoms with E-state index in [-0.39, 0.29) is 44.7 Å². The van der Waals surface area contributed by atoms with Crippen LogP contribution in [0, 0.1) is 11.8 Å². The standard InChI is InChI=1S/C38H54N4O10/c1-8-10-11-12-13-14-28(39-35(46)52-37(5,6)7)33(44)42-20-25(17-29(42)32(43)40-38(34(45)48-9-2)18-27(38)23(3)4)51-36(47)41-19-24-15-16-30-31(26(24)21-41)50-22-49-30/h8,15-16,23,25,27-29H,1,9-14,17-22H2,2-7H3,(H,39,46)(H,40,43). The van der Waals surface area contributed by atoms with Crippen LogP contribution in [0.4, 0.5) is 9.59 Å². The number of carbonyl (C=O) groups excluding carboxylic acids is 5. The molecule has 2 N–H and O–H groups in total. The van der Waals surface area contributed by atoms with Crippen molar-refractivity contribution < 1.29 is 47.7 Å². The quantitative estimate of drug-likeness (QED) is 0.116. The van der Waals surface area contributed by atoms with Gasteiger partial charge in [-0.05, 0) is 76.8 Å². The molecular weight excluding hydrogens is 672 g/mol. The second-order valence-corrected chi connectivity index (χ2v) is 15.4. The Bertz CT molecular complexity index is 1540. The lowest BCUT2D eigenvalue weighted by molar-refractivity contribution is -0.150. The maximum Gasteiger partial charge on any atom is 0.410 e. The Kier molecular flexibility index (Phi) is 11.9. The van der Waals surface area contributed by atoms with Gasteiger partial charge in [0.05, 0.1) is 19.7 Å². The Labute approximate surface area is 305 Å². The fraction of sp³-hybridized carbons (Fsp3) is 0.658. The molecule has 3 heterocycles. The third-order valence-electron chi connectivity index (χ3n) is 10.0. The number of likely N-dealkylation sites (tertiary alicyclic amines) is 1. The molecule has 0 radical (unpaired) electrons. The first kappa shape index (κ1) is 38.7. The third-order valence-corrected chi connectivity index (χ3v) is 10.0. The number of carbonyl (C=O) groups is 5. The molecule has 5 atom stereocenters. The largest absolute Gasteiger partial charge is 0.464 e. The summed E-state index contributed by atoms with van der Waals surface area (Å²) in [6, 6.07) is 1.61. The van der Waals surface area contributed by atoms with E-state index in [0.717, 1.165) is 30.4 Å². The molecule has 14 nitrogen and oxygen atoms in total. The minimum absolute atomic E-state index is 0.000192. The maximum absolute atomic E-state index is 14.4. The van der Waals surface area contributed by atoms with Gasteiger partial charge >= 0.3 is 18.2 Å². The first-order chi connectivity index (χ1) is 24.7. The van der Waals surface area contributed by atoms with Crippen LogP contribution in [0.25, 0.3) is 0 Å². The van der Waals surface area contributed by atoms with Crippen molar-refractivity contribution >= 4 is 30.0 Å². The highest BCUT2D eigenvalue weighted by atomic mass is 16.7. The summed E-state index contributed by atoms with van der Waals surface area (Å²) in [5.74, 6) is -0.378. The van der Waals surface area contributed by atoms with E-state index in [1.807, 2.05) is 32.1 Å². The van der Waals surface area contributed by atoms with Gasteiger partial charge in [0.15, 0.2) is 11.5 Å². The number of fused-ring (bicyclic) bond motifs is 3. The highest BCUT2D eigenvalue weighted by molar-refractivity contribution is 5.96. The van der Waals surface area contributed by atoms with Gasteiger partial charge in [0, 0.05) is 18.5 Å². The van der Waals surface area contributed by atoms with Crippen molar-refractivity contribution in [3.05, 3.63) is 35.9 Å². The number of ether oxygens (including phenoxy) is 5. The van der Waals surface area contributed by atoms with Gasteiger partial charge in [-0.1, -0.05) is 38.8 Å². The third kappa shape index (κ3) is 8.75. The second kappa shape index (κ2) is 16.0. The number of nitrogens with one attached hydrogen (secondary N) is 2. The first-order valence-corrected chi connectivity index (χ1v) is 18.4. The smallest absolute Gasteiger partial charge is 0.410 e. The fourth-order valence-corrected chi connectivity index (χ4v) is 7.37. The number of rotatable bonds is 14. The van der Waals surface area contributed by atoms with E-state index in [4.69, 9.17) is 23.7 Å². The molecule has 0 spiro atoms. The van der Waals surface area contributed by atoms with Crippen LogP contribution >= 0.6 is 0 Å². The van der Waals surface area contributed by atoms with Gasteiger partial charge in [-0.3, -0.25) is 14.5 Å². The van der Waals surface area contributed by atoms with E-state index in [1.54, 1.807) is 27.7 Å². The second-order valence-electron chi connectivity index (χ2n) is 15.4. The number of hydrogen-bond donors (Lipinski definition) is 2. The van der Waals surface area contributed by atoms with Crippen LogP contribution in [-0.2, 0) is 41.7 Å². The lowest BCUT2D eigenvalue weighted by Crippen LogP contribution is -2.57. The molecule has 1 aromatic rings. The van der Waals surface area contributed by atoms with Gasteiger partial charge in [-0.2, -0.15) is 0 Å². The average molecular weight is 727 g/mol. The van der Waals surface area contributed by atoms with E-state index >= 15 is 0 Å². The molecule has 14 heteroatoms. The molecule has 3 aliphatic heterocycles. The van der Waals surface area contributed by atoms with Crippen LogP contribution in [0.1, 0.15) is 97.6 Å². The molecule has 4 aliphatic rings. The number of esters is 1. The topological polar surface area (TPSA) is 162 Å². The van der Waals surface area contributed by atoms with Crippen molar-refractivity contribution in [1.29, 1.82) is 0 Å². The van der Waals surface area contributed by atoms with Gasteiger partial charge in [0.1, 0.15) is 29.3 Å². The van der Waals surface area contributed by atoms with E-state index in [9.17, 15) is 24.0 Å². The normalized spacial score (nSPS) is 23.5. The molecular formula is C38H54N4O10. The molecule has 286 valence electrons. The first-order valence-electron chi connectivity index (χ1n) is 18.4. The van der Waals surface area contributed by atoms with Crippen LogP contribution in [0.3, 0.4) is 0 Å². The summed E-state index contributed by atoms with van der Waals surface area (Å²) in [5.41, 5.74) is -0.245. The van der Waals surface area contributed by atoms with E-state index in [2.05, 4.69) is 17.2 Å². The minimum atomic E-state index is -1.21. The minimum Gasteiger partial charge on any atom is -0.464 e. The number of allylic oxidation sites excluding steroid dienone is 1. The highest BCUT2D eigenvalue weighted by Gasteiger charge is 2.64. The molecule has 1 aromatic carbocycles. The van der Waals surface area contributed by atoms with Crippen LogP contribution in [0.15, 0.2) is 24.8 Å². The lowest BCUT2D eigenvalue weighted by Gasteiger charge is -2.30. The van der Waals surface area contributed by atoms with Gasteiger partial charge in [-0.25, -0.2) is 14.4 Å². The molecule has 2 fully saturated rings. The molecule has 1 saturated heterocycles. The molecule has 5 rings (SSSR count). The number of hydrogen-bond acceptors (Lipinski definition) is 10. The number of alkyl carbamates (subject to hydrolysis) is 1.